The second-order valence-electron chi connectivity index (χ2n) is 7.68. The summed E-state index contributed by atoms with van der Waals surface area (Å²) < 4.78 is 10.4. The third kappa shape index (κ3) is 7.06. The third-order valence-corrected chi connectivity index (χ3v) is 5.24. The van der Waals surface area contributed by atoms with E-state index in [0.717, 1.165) is 23.3 Å². The fourth-order valence-electron chi connectivity index (χ4n) is 3.12. The molecule has 0 aliphatic heterocycles. The number of aliphatic hydroxyl groups excluding tert-OH is 1. The van der Waals surface area contributed by atoms with Gasteiger partial charge in [-0.05, 0) is 46.6 Å². The second kappa shape index (κ2) is 12.2. The first-order valence-electron chi connectivity index (χ1n) is 10.3. The lowest BCUT2D eigenvalue weighted by molar-refractivity contribution is 0.173. The van der Waals surface area contributed by atoms with Crippen LogP contribution in [0.25, 0.3) is 0 Å². The number of allylic oxidation sites excluding steroid dienone is 6. The van der Waals surface area contributed by atoms with Crippen LogP contribution in [0.15, 0.2) is 47.1 Å². The number of hydrogen-bond donors (Lipinski definition) is 2. The van der Waals surface area contributed by atoms with E-state index in [1.54, 1.807) is 0 Å². The molecule has 0 bridgehead atoms. The smallest absolute Gasteiger partial charge is 0.261 e. The number of rotatable bonds is 10. The van der Waals surface area contributed by atoms with Crippen molar-refractivity contribution >= 4 is 0 Å². The van der Waals surface area contributed by atoms with Gasteiger partial charge in [-0.3, -0.25) is 0 Å². The van der Waals surface area contributed by atoms with E-state index in [0.29, 0.717) is 12.0 Å². The molecule has 0 fully saturated rings. The summed E-state index contributed by atoms with van der Waals surface area (Å²) in [7, 11) is 2.99. The van der Waals surface area contributed by atoms with Gasteiger partial charge in [0.15, 0.2) is 5.75 Å². The quantitative estimate of drug-likeness (QED) is 0.392. The van der Waals surface area contributed by atoms with Gasteiger partial charge in [-0.15, -0.1) is 0 Å². The molecule has 0 aromatic carbocycles. The summed E-state index contributed by atoms with van der Waals surface area (Å²) >= 11 is 0. The van der Waals surface area contributed by atoms with E-state index in [9.17, 15) is 10.2 Å². The van der Waals surface area contributed by atoms with Crippen molar-refractivity contribution in [3.05, 3.63) is 58.4 Å². The molecule has 166 valence electrons. The predicted molar refractivity (Wildman–Crippen MR) is 123 cm³/mol. The van der Waals surface area contributed by atoms with Crippen molar-refractivity contribution in [1.82, 2.24) is 4.98 Å². The number of aromatic nitrogens is 1. The monoisotopic (exact) mass is 415 g/mol. The van der Waals surface area contributed by atoms with Gasteiger partial charge >= 0.3 is 0 Å². The molecule has 0 saturated carbocycles. The molecule has 0 amide bonds. The number of pyridine rings is 1. The molecule has 2 unspecified atom stereocenters. The van der Waals surface area contributed by atoms with E-state index >= 15 is 0 Å². The molecule has 1 heterocycles. The highest BCUT2D eigenvalue weighted by molar-refractivity contribution is 5.53. The third-order valence-electron chi connectivity index (χ3n) is 5.24. The van der Waals surface area contributed by atoms with Crippen LogP contribution in [0.4, 0.5) is 0 Å². The van der Waals surface area contributed by atoms with Crippen LogP contribution in [-0.2, 0) is 6.42 Å². The molecule has 2 atom stereocenters. The van der Waals surface area contributed by atoms with Gasteiger partial charge in [-0.1, -0.05) is 48.5 Å². The Morgan fingerprint density at radius 1 is 1.17 bits per heavy atom. The molecule has 0 aliphatic rings. The Hall–Kier alpha value is -2.53. The average Bonchev–Trinajstić information content (AvgIpc) is 2.73. The number of methoxy groups -OCH3 is 2. The Morgan fingerprint density at radius 3 is 2.40 bits per heavy atom. The van der Waals surface area contributed by atoms with Crippen LogP contribution >= 0.6 is 0 Å². The molecule has 0 radical (unpaired) electrons. The van der Waals surface area contributed by atoms with Crippen molar-refractivity contribution in [2.24, 2.45) is 5.92 Å². The number of aromatic hydroxyl groups is 1. The maximum atomic E-state index is 10.3. The van der Waals surface area contributed by atoms with E-state index in [4.69, 9.17) is 9.47 Å². The fourth-order valence-corrected chi connectivity index (χ4v) is 3.12. The van der Waals surface area contributed by atoms with Crippen molar-refractivity contribution in [3.63, 3.8) is 0 Å². The molecule has 30 heavy (non-hydrogen) atoms. The Labute approximate surface area is 181 Å². The maximum Gasteiger partial charge on any atom is 0.261 e. The zero-order valence-electron chi connectivity index (χ0n) is 19.6. The van der Waals surface area contributed by atoms with Gasteiger partial charge in [0.1, 0.15) is 0 Å². The van der Waals surface area contributed by atoms with Crippen LogP contribution in [0.2, 0.25) is 0 Å². The Morgan fingerprint density at radius 2 is 1.83 bits per heavy atom. The topological polar surface area (TPSA) is 71.8 Å². The van der Waals surface area contributed by atoms with E-state index < -0.39 is 6.10 Å². The largest absolute Gasteiger partial charge is 0.504 e. The number of ether oxygens (including phenoxy) is 2. The molecule has 5 nitrogen and oxygen atoms in total. The first kappa shape index (κ1) is 25.5. The summed E-state index contributed by atoms with van der Waals surface area (Å²) in [5.74, 6) is 0.671. The molecule has 0 spiro atoms. The summed E-state index contributed by atoms with van der Waals surface area (Å²) in [5.41, 5.74) is 4.76. The Balaban J connectivity index is 2.79. The Kier molecular flexibility index (Phi) is 10.4. The summed E-state index contributed by atoms with van der Waals surface area (Å²) in [6.07, 6.45) is 11.3. The molecule has 1 aromatic heterocycles. The van der Waals surface area contributed by atoms with E-state index in [2.05, 4.69) is 36.2 Å². The normalized spacial score (nSPS) is 15.4. The highest BCUT2D eigenvalue weighted by Gasteiger charge is 2.17. The van der Waals surface area contributed by atoms with E-state index in [1.807, 2.05) is 40.7 Å². The van der Waals surface area contributed by atoms with Gasteiger partial charge in [0, 0.05) is 17.9 Å². The van der Waals surface area contributed by atoms with Crippen molar-refractivity contribution in [3.8, 4) is 17.4 Å². The SMILES string of the molecule is CC=C(C)C(O)C(C)C=C(C)C=CCC(C)=CCc1nc(OC)c(OC)c(O)c1C. The molecule has 1 rings (SSSR count). The van der Waals surface area contributed by atoms with Crippen LogP contribution in [-0.4, -0.2) is 35.5 Å². The first-order valence-corrected chi connectivity index (χ1v) is 10.3. The molecule has 2 N–H and O–H groups in total. The van der Waals surface area contributed by atoms with E-state index in [1.165, 1.54) is 19.8 Å². The minimum Gasteiger partial charge on any atom is -0.504 e. The number of nitrogens with zero attached hydrogens (tertiary/aromatic N) is 1. The first-order chi connectivity index (χ1) is 14.2. The van der Waals surface area contributed by atoms with Gasteiger partial charge < -0.3 is 19.7 Å². The van der Waals surface area contributed by atoms with Crippen molar-refractivity contribution < 1.29 is 19.7 Å². The van der Waals surface area contributed by atoms with Crippen molar-refractivity contribution in [2.45, 2.75) is 60.5 Å². The highest BCUT2D eigenvalue weighted by atomic mass is 16.5. The molecule has 0 aliphatic carbocycles. The lowest BCUT2D eigenvalue weighted by Gasteiger charge is -2.16. The number of hydrogen-bond acceptors (Lipinski definition) is 5. The van der Waals surface area contributed by atoms with Crippen LogP contribution < -0.4 is 9.47 Å². The number of aliphatic hydroxyl groups is 1. The summed E-state index contributed by atoms with van der Waals surface area (Å²) in [6, 6.07) is 0. The fraction of sp³-hybridized carbons (Fsp3) is 0.480. The molecule has 1 aromatic rings. The minimum absolute atomic E-state index is 0.0641. The summed E-state index contributed by atoms with van der Waals surface area (Å²) in [6.45, 7) is 11.8. The summed E-state index contributed by atoms with van der Waals surface area (Å²) in [5, 5.41) is 20.6. The van der Waals surface area contributed by atoms with Gasteiger partial charge in [-0.2, -0.15) is 0 Å². The van der Waals surface area contributed by atoms with Gasteiger partial charge in [0.2, 0.25) is 5.75 Å². The summed E-state index contributed by atoms with van der Waals surface area (Å²) in [4.78, 5) is 4.47. The second-order valence-corrected chi connectivity index (χ2v) is 7.68. The van der Waals surface area contributed by atoms with Crippen LogP contribution in [0.5, 0.6) is 17.4 Å². The Bertz CT molecular complexity index is 834. The van der Waals surface area contributed by atoms with Crippen molar-refractivity contribution in [1.29, 1.82) is 0 Å². The van der Waals surface area contributed by atoms with Gasteiger partial charge in [0.25, 0.3) is 5.88 Å². The van der Waals surface area contributed by atoms with Crippen LogP contribution in [0.3, 0.4) is 0 Å². The van der Waals surface area contributed by atoms with Gasteiger partial charge in [0.05, 0.1) is 26.0 Å². The average molecular weight is 416 g/mol. The molecule has 0 saturated heterocycles. The maximum absolute atomic E-state index is 10.3. The molecule has 5 heteroatoms. The lowest BCUT2D eigenvalue weighted by atomic mass is 9.96. The van der Waals surface area contributed by atoms with Crippen LogP contribution in [0.1, 0.15) is 52.3 Å². The zero-order chi connectivity index (χ0) is 22.8. The van der Waals surface area contributed by atoms with E-state index in [-0.39, 0.29) is 23.3 Å². The minimum atomic E-state index is -0.450. The molecular formula is C25H37NO4. The standard InChI is InChI=1S/C25H37NO4/c1-9-18(4)22(27)19(5)15-17(3)12-10-11-16(2)13-14-21-20(6)23(28)24(29-7)25(26-21)30-8/h9-10,12-13,15,19,22,27H,11,14H2,1-8H3,(H,26,28). The molecular weight excluding hydrogens is 378 g/mol. The predicted octanol–water partition coefficient (Wildman–Crippen LogP) is 5.46. The highest BCUT2D eigenvalue weighted by Crippen LogP contribution is 2.38. The van der Waals surface area contributed by atoms with Crippen molar-refractivity contribution in [2.75, 3.05) is 14.2 Å². The lowest BCUT2D eigenvalue weighted by Crippen LogP contribution is -2.17. The van der Waals surface area contributed by atoms with Crippen LogP contribution in [0, 0.1) is 12.8 Å². The zero-order valence-corrected chi connectivity index (χ0v) is 19.6. The van der Waals surface area contributed by atoms with Gasteiger partial charge in [-0.25, -0.2) is 4.98 Å².